The van der Waals surface area contributed by atoms with Gasteiger partial charge in [0.25, 0.3) is 5.91 Å². The van der Waals surface area contributed by atoms with Crippen LogP contribution in [0, 0.1) is 6.92 Å². The molecule has 2 aromatic rings. The predicted molar refractivity (Wildman–Crippen MR) is 108 cm³/mol. The fourth-order valence-corrected chi connectivity index (χ4v) is 3.52. The Morgan fingerprint density at radius 1 is 1.14 bits per heavy atom. The zero-order chi connectivity index (χ0) is 20.1. The van der Waals surface area contributed by atoms with Crippen molar-refractivity contribution in [2.24, 2.45) is 5.73 Å². The van der Waals surface area contributed by atoms with Gasteiger partial charge in [0, 0.05) is 11.7 Å². The van der Waals surface area contributed by atoms with E-state index in [1.807, 2.05) is 31.2 Å². The predicted octanol–water partition coefficient (Wildman–Crippen LogP) is 3.22. The maximum atomic E-state index is 11.8. The molecule has 0 radical (unpaired) electrons. The van der Waals surface area contributed by atoms with Crippen LogP contribution in [0.1, 0.15) is 41.6 Å². The summed E-state index contributed by atoms with van der Waals surface area (Å²) >= 11 is 0. The zero-order valence-electron chi connectivity index (χ0n) is 15.7. The van der Waals surface area contributed by atoms with Gasteiger partial charge < -0.3 is 26.8 Å². The van der Waals surface area contributed by atoms with Gasteiger partial charge in [-0.1, -0.05) is 25.0 Å². The molecule has 2 amide bonds. The van der Waals surface area contributed by atoms with E-state index in [1.165, 1.54) is 0 Å². The fourth-order valence-electron chi connectivity index (χ4n) is 3.52. The number of primary amides is 1. The molecule has 0 bridgehead atoms. The third-order valence-corrected chi connectivity index (χ3v) is 4.85. The van der Waals surface area contributed by atoms with Gasteiger partial charge in [-0.25, -0.2) is 9.78 Å². The van der Waals surface area contributed by atoms with E-state index in [2.05, 4.69) is 20.9 Å². The van der Waals surface area contributed by atoms with E-state index in [0.717, 1.165) is 36.9 Å². The zero-order valence-corrected chi connectivity index (χ0v) is 15.7. The van der Waals surface area contributed by atoms with Crippen molar-refractivity contribution in [3.05, 3.63) is 47.5 Å². The Labute approximate surface area is 163 Å². The lowest BCUT2D eigenvalue weighted by Gasteiger charge is -2.32. The van der Waals surface area contributed by atoms with Gasteiger partial charge in [0.15, 0.2) is 0 Å². The normalized spacial score (nSPS) is 18.9. The highest BCUT2D eigenvalue weighted by molar-refractivity contribution is 5.98. The molecule has 28 heavy (non-hydrogen) atoms. The van der Waals surface area contributed by atoms with Crippen LogP contribution in [0.3, 0.4) is 0 Å². The van der Waals surface area contributed by atoms with E-state index in [1.54, 1.807) is 12.1 Å². The summed E-state index contributed by atoms with van der Waals surface area (Å²) in [4.78, 5) is 27.4. The van der Waals surface area contributed by atoms with Crippen LogP contribution in [0.5, 0.6) is 0 Å². The van der Waals surface area contributed by atoms with Crippen LogP contribution in [0.15, 0.2) is 36.4 Å². The van der Waals surface area contributed by atoms with Gasteiger partial charge in [-0.2, -0.15) is 0 Å². The Morgan fingerprint density at radius 2 is 1.89 bits per heavy atom. The van der Waals surface area contributed by atoms with Crippen LogP contribution in [0.25, 0.3) is 0 Å². The first-order chi connectivity index (χ1) is 13.4. The smallest absolute Gasteiger partial charge is 0.404 e. The molecule has 1 aromatic heterocycles. The van der Waals surface area contributed by atoms with Gasteiger partial charge in [-0.15, -0.1) is 0 Å². The second kappa shape index (κ2) is 8.60. The average Bonchev–Trinajstić information content (AvgIpc) is 2.63. The van der Waals surface area contributed by atoms with Crippen LogP contribution >= 0.6 is 0 Å². The topological polar surface area (TPSA) is 129 Å². The number of carbonyl (C=O) groups is 2. The van der Waals surface area contributed by atoms with E-state index < -0.39 is 12.0 Å². The van der Waals surface area contributed by atoms with Gasteiger partial charge in [0.1, 0.15) is 11.6 Å². The Balaban J connectivity index is 1.83. The summed E-state index contributed by atoms with van der Waals surface area (Å²) in [6.45, 7) is 1.98. The van der Waals surface area contributed by atoms with Crippen molar-refractivity contribution in [3.8, 4) is 0 Å². The number of amides is 2. The fraction of sp³-hybridized carbons (Fsp3) is 0.350. The Kier molecular flexibility index (Phi) is 5.98. The summed E-state index contributed by atoms with van der Waals surface area (Å²) in [5.74, 6) is 0.350. The lowest BCUT2D eigenvalue weighted by atomic mass is 9.90. The maximum Gasteiger partial charge on any atom is 0.404 e. The summed E-state index contributed by atoms with van der Waals surface area (Å²) < 4.78 is 0. The van der Waals surface area contributed by atoms with Crippen LogP contribution in [0.4, 0.5) is 22.1 Å². The summed E-state index contributed by atoms with van der Waals surface area (Å²) in [6.07, 6.45) is 2.58. The SMILES string of the molecule is Cc1cccc(Nc2nc(NC3CCCCC3NC(=O)O)ccc2C(N)=O)c1. The largest absolute Gasteiger partial charge is 0.465 e. The molecule has 0 spiro atoms. The van der Waals surface area contributed by atoms with Crippen LogP contribution in [-0.2, 0) is 0 Å². The molecule has 8 nitrogen and oxygen atoms in total. The molecule has 6 N–H and O–H groups in total. The lowest BCUT2D eigenvalue weighted by Crippen LogP contribution is -2.48. The van der Waals surface area contributed by atoms with Gasteiger partial charge in [-0.3, -0.25) is 4.79 Å². The van der Waals surface area contributed by atoms with Crippen molar-refractivity contribution in [3.63, 3.8) is 0 Å². The number of nitrogens with zero attached hydrogens (tertiary/aromatic N) is 1. The first kappa shape index (κ1) is 19.5. The Morgan fingerprint density at radius 3 is 2.57 bits per heavy atom. The van der Waals surface area contributed by atoms with Crippen LogP contribution in [0.2, 0.25) is 0 Å². The maximum absolute atomic E-state index is 11.8. The number of hydrogen-bond acceptors (Lipinski definition) is 5. The summed E-state index contributed by atoms with van der Waals surface area (Å²) in [5.41, 5.74) is 7.66. The molecule has 1 saturated carbocycles. The average molecular weight is 383 g/mol. The number of carbonyl (C=O) groups excluding carboxylic acids is 1. The van der Waals surface area contributed by atoms with E-state index in [-0.39, 0.29) is 17.6 Å². The molecular formula is C20H25N5O3. The minimum Gasteiger partial charge on any atom is -0.465 e. The second-order valence-electron chi connectivity index (χ2n) is 7.04. The molecule has 2 unspecified atom stereocenters. The molecule has 1 aromatic carbocycles. The number of rotatable bonds is 6. The van der Waals surface area contributed by atoms with Crippen molar-refractivity contribution in [1.29, 1.82) is 0 Å². The van der Waals surface area contributed by atoms with Crippen molar-refractivity contribution >= 4 is 29.3 Å². The van der Waals surface area contributed by atoms with Gasteiger partial charge in [0.2, 0.25) is 0 Å². The molecule has 1 fully saturated rings. The number of nitrogens with one attached hydrogen (secondary N) is 3. The molecular weight excluding hydrogens is 358 g/mol. The molecule has 148 valence electrons. The number of anilines is 3. The Bertz CT molecular complexity index is 871. The number of aryl methyl sites for hydroxylation is 1. The summed E-state index contributed by atoms with van der Waals surface area (Å²) in [5, 5.41) is 18.1. The highest BCUT2D eigenvalue weighted by Crippen LogP contribution is 2.25. The third-order valence-electron chi connectivity index (χ3n) is 4.85. The first-order valence-electron chi connectivity index (χ1n) is 9.33. The molecule has 2 atom stereocenters. The number of pyridine rings is 1. The molecule has 0 aliphatic heterocycles. The van der Waals surface area contributed by atoms with Crippen molar-refractivity contribution < 1.29 is 14.7 Å². The standard InChI is InChI=1S/C20H25N5O3/c1-12-5-4-6-13(11-12)22-19-14(18(21)26)9-10-17(25-19)23-15-7-2-3-8-16(15)24-20(27)28/h4-6,9-11,15-16,24H,2-3,7-8H2,1H3,(H2,21,26)(H,27,28)(H2,22,23,25). The molecule has 3 rings (SSSR count). The molecule has 8 heteroatoms. The number of benzene rings is 1. The third kappa shape index (κ3) is 4.91. The summed E-state index contributed by atoms with van der Waals surface area (Å²) in [6, 6.07) is 10.8. The summed E-state index contributed by atoms with van der Waals surface area (Å²) in [7, 11) is 0. The number of nitrogens with two attached hydrogens (primary N) is 1. The van der Waals surface area contributed by atoms with E-state index in [0.29, 0.717) is 11.6 Å². The monoisotopic (exact) mass is 383 g/mol. The van der Waals surface area contributed by atoms with Crippen molar-refractivity contribution in [2.45, 2.75) is 44.7 Å². The second-order valence-corrected chi connectivity index (χ2v) is 7.04. The van der Waals surface area contributed by atoms with Crippen LogP contribution < -0.4 is 21.7 Å². The molecule has 1 aliphatic rings. The quantitative estimate of drug-likeness (QED) is 0.521. The van der Waals surface area contributed by atoms with E-state index >= 15 is 0 Å². The van der Waals surface area contributed by atoms with Crippen molar-refractivity contribution in [1.82, 2.24) is 10.3 Å². The highest BCUT2D eigenvalue weighted by atomic mass is 16.4. The highest BCUT2D eigenvalue weighted by Gasteiger charge is 2.27. The van der Waals surface area contributed by atoms with E-state index in [4.69, 9.17) is 10.8 Å². The number of aromatic nitrogens is 1. The molecule has 1 aliphatic carbocycles. The minimum atomic E-state index is -1.03. The van der Waals surface area contributed by atoms with Gasteiger partial charge in [-0.05, 0) is 49.6 Å². The van der Waals surface area contributed by atoms with Gasteiger partial charge >= 0.3 is 6.09 Å². The Hall–Kier alpha value is -3.29. The van der Waals surface area contributed by atoms with Crippen molar-refractivity contribution in [2.75, 3.05) is 10.6 Å². The first-order valence-corrected chi connectivity index (χ1v) is 9.33. The number of hydrogen-bond donors (Lipinski definition) is 5. The number of carboxylic acid groups (broad SMARTS) is 1. The van der Waals surface area contributed by atoms with Crippen LogP contribution in [-0.4, -0.2) is 34.2 Å². The van der Waals surface area contributed by atoms with E-state index in [9.17, 15) is 9.59 Å². The molecule has 1 heterocycles. The van der Waals surface area contributed by atoms with Gasteiger partial charge in [0.05, 0.1) is 11.6 Å². The minimum absolute atomic E-state index is 0.0661. The lowest BCUT2D eigenvalue weighted by molar-refractivity contribution is 0.100. The molecule has 0 saturated heterocycles.